The summed E-state index contributed by atoms with van der Waals surface area (Å²) in [6.07, 6.45) is -1.06. The van der Waals surface area contributed by atoms with Crippen molar-refractivity contribution >= 4 is 17.6 Å². The van der Waals surface area contributed by atoms with Gasteiger partial charge in [0.05, 0.1) is 11.1 Å². The second-order valence-corrected chi connectivity index (χ2v) is 4.22. The number of ketones is 1. The number of amides is 2. The number of benzene rings is 1. The molecule has 0 spiro atoms. The number of aliphatic hydroxyl groups excluding tert-OH is 1. The molecule has 0 saturated heterocycles. The molecule has 0 bridgehead atoms. The maximum absolute atomic E-state index is 11.9. The Labute approximate surface area is 104 Å². The molecule has 1 aromatic rings. The summed E-state index contributed by atoms with van der Waals surface area (Å²) in [5.74, 6) is -1.11. The molecule has 2 amide bonds. The molecule has 0 unspecified atom stereocenters. The Morgan fingerprint density at radius 1 is 1.22 bits per heavy atom. The van der Waals surface area contributed by atoms with Gasteiger partial charge in [0.2, 0.25) is 0 Å². The summed E-state index contributed by atoms with van der Waals surface area (Å²) in [5.41, 5.74) is 0.750. The van der Waals surface area contributed by atoms with Crippen LogP contribution < -0.4 is 0 Å². The van der Waals surface area contributed by atoms with Gasteiger partial charge in [-0.15, -0.1) is 0 Å². The number of carbonyl (C=O) groups excluding carboxylic acids is 3. The van der Waals surface area contributed by atoms with Crippen molar-refractivity contribution in [1.82, 2.24) is 4.90 Å². The van der Waals surface area contributed by atoms with Crippen LogP contribution in [-0.2, 0) is 4.79 Å². The van der Waals surface area contributed by atoms with E-state index in [-0.39, 0.29) is 30.6 Å². The minimum Gasteiger partial charge on any atom is -0.385 e. The van der Waals surface area contributed by atoms with Gasteiger partial charge in [-0.2, -0.15) is 0 Å². The first-order chi connectivity index (χ1) is 8.52. The van der Waals surface area contributed by atoms with Gasteiger partial charge in [0, 0.05) is 6.54 Å². The summed E-state index contributed by atoms with van der Waals surface area (Å²) in [6, 6.07) is 6.57. The maximum atomic E-state index is 11.9. The van der Waals surface area contributed by atoms with Gasteiger partial charge in [0.1, 0.15) is 6.10 Å². The Morgan fingerprint density at radius 2 is 1.72 bits per heavy atom. The van der Waals surface area contributed by atoms with E-state index in [9.17, 15) is 19.5 Å². The van der Waals surface area contributed by atoms with Crippen molar-refractivity contribution in [2.75, 3.05) is 6.54 Å². The molecule has 1 atom stereocenters. The van der Waals surface area contributed by atoms with Crippen molar-refractivity contribution in [3.05, 3.63) is 35.4 Å². The first kappa shape index (κ1) is 12.4. The number of carbonyl (C=O) groups is 3. The SMILES string of the molecule is CC(=O)[C@@H](O)CCN1C(=O)c2ccccc2C1=O. The van der Waals surface area contributed by atoms with E-state index in [1.807, 2.05) is 0 Å². The highest BCUT2D eigenvalue weighted by Gasteiger charge is 2.35. The molecule has 1 aliphatic rings. The highest BCUT2D eigenvalue weighted by Crippen LogP contribution is 2.22. The topological polar surface area (TPSA) is 74.7 Å². The average molecular weight is 247 g/mol. The zero-order valence-electron chi connectivity index (χ0n) is 9.92. The van der Waals surface area contributed by atoms with Gasteiger partial charge >= 0.3 is 0 Å². The van der Waals surface area contributed by atoms with Crippen LogP contribution in [0.2, 0.25) is 0 Å². The predicted molar refractivity (Wildman–Crippen MR) is 63.1 cm³/mol. The molecule has 5 heteroatoms. The van der Waals surface area contributed by atoms with Crippen LogP contribution in [0.25, 0.3) is 0 Å². The smallest absolute Gasteiger partial charge is 0.261 e. The molecular weight excluding hydrogens is 234 g/mol. The van der Waals surface area contributed by atoms with Crippen LogP contribution in [0.15, 0.2) is 24.3 Å². The number of hydrogen-bond acceptors (Lipinski definition) is 4. The van der Waals surface area contributed by atoms with Gasteiger partial charge in [0.25, 0.3) is 11.8 Å². The lowest BCUT2D eigenvalue weighted by Gasteiger charge is -2.15. The fraction of sp³-hybridized carbons (Fsp3) is 0.308. The van der Waals surface area contributed by atoms with Crippen molar-refractivity contribution in [2.24, 2.45) is 0 Å². The molecule has 0 saturated carbocycles. The van der Waals surface area contributed by atoms with Crippen LogP contribution in [0.3, 0.4) is 0 Å². The van der Waals surface area contributed by atoms with Crippen molar-refractivity contribution < 1.29 is 19.5 Å². The van der Waals surface area contributed by atoms with Gasteiger partial charge in [-0.05, 0) is 25.5 Å². The number of rotatable bonds is 4. The van der Waals surface area contributed by atoms with Crippen molar-refractivity contribution in [2.45, 2.75) is 19.4 Å². The van der Waals surface area contributed by atoms with Crippen LogP contribution in [0.4, 0.5) is 0 Å². The van der Waals surface area contributed by atoms with Gasteiger partial charge in [-0.1, -0.05) is 12.1 Å². The van der Waals surface area contributed by atoms with Crippen LogP contribution in [0.1, 0.15) is 34.1 Å². The van der Waals surface area contributed by atoms with E-state index in [0.717, 1.165) is 4.90 Å². The number of Topliss-reactive ketones (excluding diaryl/α,β-unsaturated/α-hetero) is 1. The molecular formula is C13H13NO4. The largest absolute Gasteiger partial charge is 0.385 e. The summed E-state index contributed by atoms with van der Waals surface area (Å²) >= 11 is 0. The van der Waals surface area contributed by atoms with E-state index in [4.69, 9.17) is 0 Å². The van der Waals surface area contributed by atoms with Crippen molar-refractivity contribution in [1.29, 1.82) is 0 Å². The van der Waals surface area contributed by atoms with Gasteiger partial charge in [-0.25, -0.2) is 0 Å². The predicted octanol–water partition coefficient (Wildman–Crippen LogP) is 0.623. The molecule has 5 nitrogen and oxygen atoms in total. The van der Waals surface area contributed by atoms with E-state index in [1.165, 1.54) is 6.92 Å². The van der Waals surface area contributed by atoms with Gasteiger partial charge in [0.15, 0.2) is 5.78 Å². The summed E-state index contributed by atoms with van der Waals surface area (Å²) < 4.78 is 0. The van der Waals surface area contributed by atoms with Crippen LogP contribution in [-0.4, -0.2) is 40.3 Å². The lowest BCUT2D eigenvalue weighted by molar-refractivity contribution is -0.125. The molecule has 0 aliphatic carbocycles. The summed E-state index contributed by atoms with van der Waals surface area (Å²) in [6.45, 7) is 1.32. The number of fused-ring (bicyclic) bond motifs is 1. The third-order valence-corrected chi connectivity index (χ3v) is 2.97. The lowest BCUT2D eigenvalue weighted by Crippen LogP contribution is -2.33. The average Bonchev–Trinajstić information content (AvgIpc) is 2.60. The summed E-state index contributed by atoms with van der Waals surface area (Å²) in [5, 5.41) is 9.38. The summed E-state index contributed by atoms with van der Waals surface area (Å²) in [4.78, 5) is 35.8. The zero-order chi connectivity index (χ0) is 13.3. The number of aliphatic hydroxyl groups is 1. The Hall–Kier alpha value is -2.01. The molecule has 0 radical (unpaired) electrons. The Kier molecular flexibility index (Phi) is 3.25. The summed E-state index contributed by atoms with van der Waals surface area (Å²) in [7, 11) is 0. The third-order valence-electron chi connectivity index (χ3n) is 2.97. The molecule has 2 rings (SSSR count). The molecule has 94 valence electrons. The first-order valence-corrected chi connectivity index (χ1v) is 5.66. The fourth-order valence-electron chi connectivity index (χ4n) is 1.90. The molecule has 1 heterocycles. The minimum absolute atomic E-state index is 0.0487. The zero-order valence-corrected chi connectivity index (χ0v) is 9.92. The molecule has 0 fully saturated rings. The third kappa shape index (κ3) is 2.04. The van der Waals surface area contributed by atoms with Crippen molar-refractivity contribution in [3.63, 3.8) is 0 Å². The maximum Gasteiger partial charge on any atom is 0.261 e. The lowest BCUT2D eigenvalue weighted by atomic mass is 10.1. The molecule has 1 aromatic carbocycles. The van der Waals surface area contributed by atoms with Gasteiger partial charge in [-0.3, -0.25) is 19.3 Å². The minimum atomic E-state index is -1.13. The Balaban J connectivity index is 2.12. The van der Waals surface area contributed by atoms with Crippen LogP contribution >= 0.6 is 0 Å². The highest BCUT2D eigenvalue weighted by atomic mass is 16.3. The standard InChI is InChI=1S/C13H13NO4/c1-8(15)11(16)6-7-14-12(17)9-4-2-3-5-10(9)13(14)18/h2-5,11,16H,6-7H2,1H3/t11-/m0/s1. The van der Waals surface area contributed by atoms with E-state index in [0.29, 0.717) is 11.1 Å². The highest BCUT2D eigenvalue weighted by molar-refractivity contribution is 6.21. The van der Waals surface area contributed by atoms with Crippen LogP contribution in [0, 0.1) is 0 Å². The number of imide groups is 1. The molecule has 0 aromatic heterocycles. The fourth-order valence-corrected chi connectivity index (χ4v) is 1.90. The number of hydrogen-bond donors (Lipinski definition) is 1. The van der Waals surface area contributed by atoms with E-state index < -0.39 is 6.10 Å². The first-order valence-electron chi connectivity index (χ1n) is 5.66. The van der Waals surface area contributed by atoms with E-state index in [1.54, 1.807) is 24.3 Å². The Morgan fingerprint density at radius 3 is 2.17 bits per heavy atom. The Bertz CT molecular complexity index is 488. The van der Waals surface area contributed by atoms with Crippen LogP contribution in [0.5, 0.6) is 0 Å². The molecule has 18 heavy (non-hydrogen) atoms. The van der Waals surface area contributed by atoms with E-state index in [2.05, 4.69) is 0 Å². The molecule has 1 N–H and O–H groups in total. The monoisotopic (exact) mass is 247 g/mol. The second kappa shape index (κ2) is 4.70. The second-order valence-electron chi connectivity index (χ2n) is 4.22. The van der Waals surface area contributed by atoms with E-state index >= 15 is 0 Å². The molecule has 1 aliphatic heterocycles. The van der Waals surface area contributed by atoms with Gasteiger partial charge < -0.3 is 5.11 Å². The quantitative estimate of drug-likeness (QED) is 0.791. The normalized spacial score (nSPS) is 15.8. The van der Waals surface area contributed by atoms with Crippen molar-refractivity contribution in [3.8, 4) is 0 Å². The number of nitrogens with zero attached hydrogens (tertiary/aromatic N) is 1.